The number of methoxy groups -OCH3 is 1. The molecule has 0 unspecified atom stereocenters. The molecule has 0 aromatic heterocycles. The molecule has 1 aliphatic rings. The van der Waals surface area contributed by atoms with Crippen molar-refractivity contribution in [3.05, 3.63) is 104 Å². The quantitative estimate of drug-likeness (QED) is 0.147. The van der Waals surface area contributed by atoms with Gasteiger partial charge in [-0.1, -0.05) is 71.2 Å². The number of nitrogens with zero attached hydrogens (tertiary/aromatic N) is 1. The number of amides is 2. The Hall–Kier alpha value is -3.91. The van der Waals surface area contributed by atoms with E-state index in [0.717, 1.165) is 15.7 Å². The van der Waals surface area contributed by atoms with E-state index in [2.05, 4.69) is 0 Å². The van der Waals surface area contributed by atoms with E-state index in [-0.39, 0.29) is 43.2 Å². The summed E-state index contributed by atoms with van der Waals surface area (Å²) in [5, 5.41) is 2.00. The molecule has 10 heteroatoms. The highest BCUT2D eigenvalue weighted by molar-refractivity contribution is 6.45. The highest BCUT2D eigenvalue weighted by atomic mass is 35.5. The first-order valence-corrected chi connectivity index (χ1v) is 12.3. The molecular formula is C28H16Cl3NO6. The molecule has 7 nitrogen and oxygen atoms in total. The summed E-state index contributed by atoms with van der Waals surface area (Å²) in [6, 6.07) is 17.9. The average molecular weight is 569 g/mol. The summed E-state index contributed by atoms with van der Waals surface area (Å²) < 4.78 is 10.5. The molecule has 0 bridgehead atoms. The van der Waals surface area contributed by atoms with Crippen LogP contribution in [0.3, 0.4) is 0 Å². The number of hydrogen-bond donors (Lipinski definition) is 0. The Morgan fingerprint density at radius 2 is 1.42 bits per heavy atom. The van der Waals surface area contributed by atoms with Crippen LogP contribution in [0.5, 0.6) is 5.75 Å². The summed E-state index contributed by atoms with van der Waals surface area (Å²) in [5.41, 5.74) is 0.425. The van der Waals surface area contributed by atoms with Crippen LogP contribution in [0.1, 0.15) is 41.4 Å². The summed E-state index contributed by atoms with van der Waals surface area (Å²) in [5.74, 6) is -2.60. The van der Waals surface area contributed by atoms with Gasteiger partial charge in [0.15, 0.2) is 12.4 Å². The third-order valence-electron chi connectivity index (χ3n) is 6.06. The zero-order chi connectivity index (χ0) is 27.1. The fourth-order valence-corrected chi connectivity index (χ4v) is 4.73. The number of imide groups is 1. The molecule has 0 saturated carbocycles. The van der Waals surface area contributed by atoms with E-state index in [0.29, 0.717) is 5.56 Å². The van der Waals surface area contributed by atoms with Crippen molar-refractivity contribution in [2.24, 2.45) is 0 Å². The van der Waals surface area contributed by atoms with Gasteiger partial charge < -0.3 is 9.47 Å². The van der Waals surface area contributed by atoms with Gasteiger partial charge in [-0.25, -0.2) is 9.69 Å². The SMILES string of the molecule is COc1cc(N2C(=O)c3cc(Cl)c(Cl)cc3C2=O)c(Cl)cc1C(=O)OCC(=O)c1ccc2ccccc2c1. The lowest BCUT2D eigenvalue weighted by Gasteiger charge is -2.18. The van der Waals surface area contributed by atoms with Crippen LogP contribution < -0.4 is 9.64 Å². The minimum absolute atomic E-state index is 0.00856. The van der Waals surface area contributed by atoms with E-state index in [4.69, 9.17) is 44.3 Å². The molecule has 0 aliphatic carbocycles. The van der Waals surface area contributed by atoms with Gasteiger partial charge in [0.2, 0.25) is 0 Å². The molecular weight excluding hydrogens is 553 g/mol. The second kappa shape index (κ2) is 10.1. The van der Waals surface area contributed by atoms with Crippen molar-refractivity contribution in [3.8, 4) is 5.75 Å². The van der Waals surface area contributed by atoms with Crippen molar-refractivity contribution in [1.82, 2.24) is 0 Å². The number of carbonyl (C=O) groups is 4. The molecule has 5 rings (SSSR count). The zero-order valence-electron chi connectivity index (χ0n) is 19.6. The predicted molar refractivity (Wildman–Crippen MR) is 144 cm³/mol. The van der Waals surface area contributed by atoms with Crippen molar-refractivity contribution >= 4 is 74.8 Å². The van der Waals surface area contributed by atoms with Gasteiger partial charge >= 0.3 is 5.97 Å². The van der Waals surface area contributed by atoms with Crippen LogP contribution >= 0.6 is 34.8 Å². The second-order valence-electron chi connectivity index (χ2n) is 8.32. The number of halogens is 3. The van der Waals surface area contributed by atoms with Crippen molar-refractivity contribution < 1.29 is 28.7 Å². The third kappa shape index (κ3) is 4.49. The summed E-state index contributed by atoms with van der Waals surface area (Å²) >= 11 is 18.4. The first kappa shape index (κ1) is 25.7. The van der Waals surface area contributed by atoms with Crippen molar-refractivity contribution in [1.29, 1.82) is 0 Å². The Morgan fingerprint density at radius 3 is 2.05 bits per heavy atom. The van der Waals surface area contributed by atoms with Crippen LogP contribution in [0.4, 0.5) is 5.69 Å². The van der Waals surface area contributed by atoms with E-state index in [1.165, 1.54) is 31.4 Å². The lowest BCUT2D eigenvalue weighted by Crippen LogP contribution is -2.29. The molecule has 0 radical (unpaired) electrons. The standard InChI is InChI=1S/C28H16Cl3NO6/c1-37-25-12-23(32-26(34)17-9-20(29)21(30)10-18(17)27(32)35)22(31)11-19(25)28(36)38-13-24(33)16-7-6-14-4-2-3-5-15(14)8-16/h2-12H,13H2,1H3. The Balaban J connectivity index is 1.38. The number of hydrogen-bond acceptors (Lipinski definition) is 6. The Kier molecular flexibility index (Phi) is 6.84. The van der Waals surface area contributed by atoms with Crippen LogP contribution in [-0.4, -0.2) is 37.3 Å². The largest absolute Gasteiger partial charge is 0.496 e. The molecule has 190 valence electrons. The normalized spacial score (nSPS) is 12.6. The van der Waals surface area contributed by atoms with E-state index in [9.17, 15) is 19.2 Å². The van der Waals surface area contributed by atoms with Gasteiger partial charge in [0, 0.05) is 11.6 Å². The summed E-state index contributed by atoms with van der Waals surface area (Å²) in [6.07, 6.45) is 0. The Morgan fingerprint density at radius 1 is 0.789 bits per heavy atom. The van der Waals surface area contributed by atoms with Crippen LogP contribution in [0.2, 0.25) is 15.1 Å². The van der Waals surface area contributed by atoms with Crippen molar-refractivity contribution in [2.45, 2.75) is 0 Å². The number of Topliss-reactive ketones (excluding diaryl/α,β-unsaturated/α-hetero) is 1. The zero-order valence-corrected chi connectivity index (χ0v) is 21.9. The van der Waals surface area contributed by atoms with E-state index < -0.39 is 30.2 Å². The lowest BCUT2D eigenvalue weighted by molar-refractivity contribution is 0.0471. The predicted octanol–water partition coefficient (Wildman–Crippen LogP) is 6.65. The number of anilines is 1. The van der Waals surface area contributed by atoms with E-state index in [1.807, 2.05) is 30.3 Å². The van der Waals surface area contributed by atoms with Gasteiger partial charge in [-0.15, -0.1) is 0 Å². The second-order valence-corrected chi connectivity index (χ2v) is 9.54. The first-order valence-electron chi connectivity index (χ1n) is 11.1. The number of ketones is 1. The Bertz CT molecular complexity index is 1640. The van der Waals surface area contributed by atoms with Crippen LogP contribution in [0.15, 0.2) is 66.7 Å². The molecule has 0 spiro atoms. The molecule has 4 aromatic carbocycles. The first-order chi connectivity index (χ1) is 18.2. The van der Waals surface area contributed by atoms with Crippen molar-refractivity contribution in [3.63, 3.8) is 0 Å². The molecule has 0 atom stereocenters. The number of benzene rings is 4. The van der Waals surface area contributed by atoms with Crippen LogP contribution in [-0.2, 0) is 4.74 Å². The molecule has 4 aromatic rings. The maximum Gasteiger partial charge on any atom is 0.342 e. The third-order valence-corrected chi connectivity index (χ3v) is 7.09. The van der Waals surface area contributed by atoms with E-state index in [1.54, 1.807) is 12.1 Å². The number of rotatable bonds is 6. The number of fused-ring (bicyclic) bond motifs is 2. The smallest absolute Gasteiger partial charge is 0.342 e. The fraction of sp³-hybridized carbons (Fsp3) is 0.0714. The molecule has 1 aliphatic heterocycles. The molecule has 1 heterocycles. The van der Waals surface area contributed by atoms with Gasteiger partial charge in [0.05, 0.1) is 39.0 Å². The van der Waals surface area contributed by atoms with Gasteiger partial charge in [0.25, 0.3) is 11.8 Å². The molecule has 38 heavy (non-hydrogen) atoms. The number of esters is 1. The Labute approximate surface area is 231 Å². The molecule has 0 saturated heterocycles. The highest BCUT2D eigenvalue weighted by Crippen LogP contribution is 2.39. The minimum Gasteiger partial charge on any atom is -0.496 e. The topological polar surface area (TPSA) is 90.0 Å². The molecule has 2 amide bonds. The lowest BCUT2D eigenvalue weighted by atomic mass is 10.0. The van der Waals surface area contributed by atoms with Gasteiger partial charge in [-0.05, 0) is 35.0 Å². The number of carbonyl (C=O) groups excluding carboxylic acids is 4. The molecule has 0 N–H and O–H groups in total. The van der Waals surface area contributed by atoms with Gasteiger partial charge in [-0.2, -0.15) is 0 Å². The van der Waals surface area contributed by atoms with Crippen LogP contribution in [0.25, 0.3) is 10.8 Å². The van der Waals surface area contributed by atoms with Crippen LogP contribution in [0, 0.1) is 0 Å². The highest BCUT2D eigenvalue weighted by Gasteiger charge is 2.39. The fourth-order valence-electron chi connectivity index (χ4n) is 4.15. The minimum atomic E-state index is -0.870. The molecule has 0 fully saturated rings. The number of ether oxygens (including phenoxy) is 2. The summed E-state index contributed by atoms with van der Waals surface area (Å²) in [7, 11) is 1.30. The summed E-state index contributed by atoms with van der Waals surface area (Å²) in [4.78, 5) is 52.4. The maximum absolute atomic E-state index is 13.0. The summed E-state index contributed by atoms with van der Waals surface area (Å²) in [6.45, 7) is -0.514. The van der Waals surface area contributed by atoms with Gasteiger partial charge in [0.1, 0.15) is 11.3 Å². The van der Waals surface area contributed by atoms with Gasteiger partial charge in [-0.3, -0.25) is 14.4 Å². The van der Waals surface area contributed by atoms with Crippen molar-refractivity contribution in [2.75, 3.05) is 18.6 Å². The maximum atomic E-state index is 13.0. The van der Waals surface area contributed by atoms with E-state index >= 15 is 0 Å². The monoisotopic (exact) mass is 567 g/mol. The average Bonchev–Trinajstić information content (AvgIpc) is 3.15.